The van der Waals surface area contributed by atoms with Gasteiger partial charge < -0.3 is 9.84 Å². The first-order valence-electron chi connectivity index (χ1n) is 9.27. The molecule has 1 aliphatic heterocycles. The lowest BCUT2D eigenvalue weighted by atomic mass is 9.91. The molecule has 1 atom stereocenters. The largest absolute Gasteiger partial charge is 0.503 e. The molecule has 1 amide bonds. The smallest absolute Gasteiger partial charge is 0.294 e. The summed E-state index contributed by atoms with van der Waals surface area (Å²) in [5, 5.41) is 10.6. The first-order chi connectivity index (χ1) is 13.2. The van der Waals surface area contributed by atoms with Crippen LogP contribution in [0.2, 0.25) is 0 Å². The maximum absolute atomic E-state index is 13.0. The zero-order chi connectivity index (χ0) is 20.6. The molecule has 0 aromatic heterocycles. The molecular weight excluding hydrogens is 354 g/mol. The highest BCUT2D eigenvalue weighted by atomic mass is 16.5. The molecule has 3 rings (SSSR count). The van der Waals surface area contributed by atoms with Crippen molar-refractivity contribution in [3.63, 3.8) is 0 Å². The molecule has 5 nitrogen and oxygen atoms in total. The number of rotatable bonds is 5. The molecule has 0 radical (unpaired) electrons. The predicted molar refractivity (Wildman–Crippen MR) is 109 cm³/mol. The van der Waals surface area contributed by atoms with Crippen LogP contribution >= 0.6 is 0 Å². The molecule has 0 saturated carbocycles. The summed E-state index contributed by atoms with van der Waals surface area (Å²) in [6, 6.07) is 12.3. The van der Waals surface area contributed by atoms with Crippen LogP contribution in [0.25, 0.3) is 0 Å². The van der Waals surface area contributed by atoms with Gasteiger partial charge in [-0.1, -0.05) is 32.0 Å². The van der Waals surface area contributed by atoms with Gasteiger partial charge in [-0.3, -0.25) is 14.5 Å². The number of aryl methyl sites for hydroxylation is 2. The molecule has 1 heterocycles. The van der Waals surface area contributed by atoms with Gasteiger partial charge in [0.1, 0.15) is 5.75 Å². The summed E-state index contributed by atoms with van der Waals surface area (Å²) in [6.45, 7) is 7.43. The Balaban J connectivity index is 2.20. The van der Waals surface area contributed by atoms with Crippen LogP contribution in [-0.2, 0) is 9.59 Å². The first-order valence-corrected chi connectivity index (χ1v) is 9.27. The number of carbonyl (C=O) groups is 2. The third-order valence-electron chi connectivity index (χ3n) is 4.91. The quantitative estimate of drug-likeness (QED) is 0.834. The SMILES string of the molecule is COc1ccc(C2C(C(=O)C(C)C)=C(O)C(=O)N2c2cc(C)cc(C)c2)cc1. The molecule has 146 valence electrons. The summed E-state index contributed by atoms with van der Waals surface area (Å²) in [7, 11) is 1.58. The minimum absolute atomic E-state index is 0.143. The number of hydrogen-bond acceptors (Lipinski definition) is 4. The Morgan fingerprint density at radius 2 is 1.64 bits per heavy atom. The number of aliphatic hydroxyl groups excluding tert-OH is 1. The molecule has 0 saturated heterocycles. The van der Waals surface area contributed by atoms with Crippen molar-refractivity contribution >= 4 is 17.4 Å². The van der Waals surface area contributed by atoms with E-state index in [4.69, 9.17) is 4.74 Å². The average molecular weight is 379 g/mol. The summed E-state index contributed by atoms with van der Waals surface area (Å²) in [5.74, 6) is -0.937. The summed E-state index contributed by atoms with van der Waals surface area (Å²) >= 11 is 0. The van der Waals surface area contributed by atoms with Gasteiger partial charge in [0.15, 0.2) is 11.5 Å². The Labute approximate surface area is 165 Å². The van der Waals surface area contributed by atoms with Crippen LogP contribution in [0, 0.1) is 19.8 Å². The van der Waals surface area contributed by atoms with E-state index in [2.05, 4.69) is 0 Å². The Bertz CT molecular complexity index is 937. The fourth-order valence-corrected chi connectivity index (χ4v) is 3.63. The van der Waals surface area contributed by atoms with E-state index in [1.807, 2.05) is 44.2 Å². The van der Waals surface area contributed by atoms with Crippen molar-refractivity contribution in [2.75, 3.05) is 12.0 Å². The number of aliphatic hydroxyl groups is 1. The normalized spacial score (nSPS) is 16.9. The minimum atomic E-state index is -0.686. The third-order valence-corrected chi connectivity index (χ3v) is 4.91. The lowest BCUT2D eigenvalue weighted by Gasteiger charge is -2.28. The van der Waals surface area contributed by atoms with Crippen LogP contribution in [0.3, 0.4) is 0 Å². The number of benzene rings is 2. The van der Waals surface area contributed by atoms with Gasteiger partial charge in [0, 0.05) is 11.6 Å². The highest BCUT2D eigenvalue weighted by Gasteiger charge is 2.44. The van der Waals surface area contributed by atoms with Gasteiger partial charge in [0.25, 0.3) is 5.91 Å². The van der Waals surface area contributed by atoms with Gasteiger partial charge in [-0.15, -0.1) is 0 Å². The number of amides is 1. The lowest BCUT2D eigenvalue weighted by Crippen LogP contribution is -2.31. The second-order valence-electron chi connectivity index (χ2n) is 7.48. The number of Topliss-reactive ketones (excluding diaryl/α,β-unsaturated/α-hetero) is 1. The summed E-state index contributed by atoms with van der Waals surface area (Å²) in [5.41, 5.74) is 3.53. The van der Waals surface area contributed by atoms with Crippen molar-refractivity contribution in [1.29, 1.82) is 0 Å². The van der Waals surface area contributed by atoms with Crippen LogP contribution in [0.4, 0.5) is 5.69 Å². The predicted octanol–water partition coefficient (Wildman–Crippen LogP) is 4.44. The molecule has 1 N–H and O–H groups in total. The zero-order valence-electron chi connectivity index (χ0n) is 16.8. The molecule has 5 heteroatoms. The van der Waals surface area contributed by atoms with Gasteiger partial charge in [0.2, 0.25) is 0 Å². The number of ether oxygens (including phenoxy) is 1. The maximum atomic E-state index is 13.0. The van der Waals surface area contributed by atoms with Crippen molar-refractivity contribution in [1.82, 2.24) is 0 Å². The molecule has 2 aromatic rings. The number of ketones is 1. The fourth-order valence-electron chi connectivity index (χ4n) is 3.63. The van der Waals surface area contributed by atoms with Crippen molar-refractivity contribution < 1.29 is 19.4 Å². The standard InChI is InChI=1S/C23H25NO4/c1-13(2)21(25)19-20(16-6-8-18(28-5)9-7-16)24(23(27)22(19)26)17-11-14(3)10-15(4)12-17/h6-13,20,26H,1-5H3. The van der Waals surface area contributed by atoms with Gasteiger partial charge in [-0.2, -0.15) is 0 Å². The average Bonchev–Trinajstić information content (AvgIpc) is 2.91. The van der Waals surface area contributed by atoms with Crippen molar-refractivity contribution in [2.45, 2.75) is 33.7 Å². The lowest BCUT2D eigenvalue weighted by molar-refractivity contribution is -0.119. The number of hydrogen-bond donors (Lipinski definition) is 1. The van der Waals surface area contributed by atoms with Crippen LogP contribution in [0.15, 0.2) is 53.8 Å². The summed E-state index contributed by atoms with van der Waals surface area (Å²) in [4.78, 5) is 27.4. The first kappa shape index (κ1) is 19.7. The molecule has 2 aromatic carbocycles. The van der Waals surface area contributed by atoms with Crippen molar-refractivity contribution in [2.24, 2.45) is 5.92 Å². The van der Waals surface area contributed by atoms with Crippen molar-refractivity contribution in [3.8, 4) is 5.75 Å². The highest BCUT2D eigenvalue weighted by Crippen LogP contribution is 2.42. The zero-order valence-corrected chi connectivity index (χ0v) is 16.8. The van der Waals surface area contributed by atoms with E-state index < -0.39 is 17.7 Å². The van der Waals surface area contributed by atoms with E-state index >= 15 is 0 Å². The van der Waals surface area contributed by atoms with E-state index in [1.165, 1.54) is 4.90 Å². The summed E-state index contributed by atoms with van der Waals surface area (Å²) in [6.07, 6.45) is 0. The van der Waals surface area contributed by atoms with Crippen LogP contribution < -0.4 is 9.64 Å². The van der Waals surface area contributed by atoms with Crippen LogP contribution in [-0.4, -0.2) is 23.9 Å². The highest BCUT2D eigenvalue weighted by molar-refractivity contribution is 6.16. The molecule has 0 spiro atoms. The number of anilines is 1. The second kappa shape index (κ2) is 7.50. The Morgan fingerprint density at radius 3 is 2.14 bits per heavy atom. The maximum Gasteiger partial charge on any atom is 0.294 e. The second-order valence-corrected chi connectivity index (χ2v) is 7.48. The van der Waals surface area contributed by atoms with E-state index in [0.29, 0.717) is 11.4 Å². The number of carbonyl (C=O) groups excluding carboxylic acids is 2. The molecule has 0 bridgehead atoms. The Kier molecular flexibility index (Phi) is 5.27. The third kappa shape index (κ3) is 3.40. The van der Waals surface area contributed by atoms with Crippen molar-refractivity contribution in [3.05, 3.63) is 70.5 Å². The summed E-state index contributed by atoms with van der Waals surface area (Å²) < 4.78 is 5.22. The fraction of sp³-hybridized carbons (Fsp3) is 0.304. The van der Waals surface area contributed by atoms with E-state index in [1.54, 1.807) is 33.1 Å². The minimum Gasteiger partial charge on any atom is -0.503 e. The monoisotopic (exact) mass is 379 g/mol. The van der Waals surface area contributed by atoms with Gasteiger partial charge >= 0.3 is 0 Å². The van der Waals surface area contributed by atoms with Crippen LogP contribution in [0.5, 0.6) is 5.75 Å². The van der Waals surface area contributed by atoms with Gasteiger partial charge in [-0.05, 0) is 54.8 Å². The Morgan fingerprint density at radius 1 is 1.07 bits per heavy atom. The topological polar surface area (TPSA) is 66.8 Å². The number of methoxy groups -OCH3 is 1. The molecule has 0 fully saturated rings. The van der Waals surface area contributed by atoms with Crippen LogP contribution in [0.1, 0.15) is 36.6 Å². The van der Waals surface area contributed by atoms with E-state index in [9.17, 15) is 14.7 Å². The Hall–Kier alpha value is -3.08. The number of nitrogens with zero attached hydrogens (tertiary/aromatic N) is 1. The molecule has 28 heavy (non-hydrogen) atoms. The molecule has 1 unspecified atom stereocenters. The molecule has 0 aliphatic carbocycles. The van der Waals surface area contributed by atoms with Gasteiger partial charge in [0.05, 0.1) is 18.7 Å². The van der Waals surface area contributed by atoms with E-state index in [-0.39, 0.29) is 17.3 Å². The van der Waals surface area contributed by atoms with Gasteiger partial charge in [-0.25, -0.2) is 0 Å². The van der Waals surface area contributed by atoms with E-state index in [0.717, 1.165) is 16.7 Å². The molecular formula is C23H25NO4. The molecule has 1 aliphatic rings.